The molecule has 0 atom stereocenters. The number of rotatable bonds is 4. The Labute approximate surface area is 62.8 Å². The van der Waals surface area contributed by atoms with Crippen molar-refractivity contribution in [2.75, 3.05) is 0 Å². The maximum absolute atomic E-state index is 9.96. The zero-order chi connectivity index (χ0) is 8.85. The van der Waals surface area contributed by atoms with Crippen LogP contribution in [0.1, 0.15) is 13.3 Å². The van der Waals surface area contributed by atoms with Crippen LogP contribution in [0.25, 0.3) is 0 Å². The van der Waals surface area contributed by atoms with Crippen LogP contribution in [0.4, 0.5) is 0 Å². The second-order valence-electron chi connectivity index (χ2n) is 1.82. The second-order valence-corrected chi connectivity index (χ2v) is 1.82. The van der Waals surface area contributed by atoms with E-state index in [4.69, 9.17) is 0 Å². The third-order valence-corrected chi connectivity index (χ3v) is 0.976. The van der Waals surface area contributed by atoms with Gasteiger partial charge in [0.1, 0.15) is 9.85 Å². The minimum absolute atomic E-state index is 0.554. The fourth-order valence-electron chi connectivity index (χ4n) is 0.475. The summed E-state index contributed by atoms with van der Waals surface area (Å²) in [5, 5.41) is 19.9. The number of nitro groups is 2. The second kappa shape index (κ2) is 4.37. The zero-order valence-corrected chi connectivity index (χ0v) is 5.97. The van der Waals surface area contributed by atoms with E-state index in [-0.39, 0.29) is 0 Å². The predicted octanol–water partition coefficient (Wildman–Crippen LogP) is 0.832. The molecule has 0 saturated carbocycles. The van der Waals surface area contributed by atoms with Gasteiger partial charge in [-0.15, -0.1) is 0 Å². The van der Waals surface area contributed by atoms with Gasteiger partial charge in [0, 0.05) is 0 Å². The van der Waals surface area contributed by atoms with Crippen molar-refractivity contribution < 1.29 is 9.85 Å². The van der Waals surface area contributed by atoms with E-state index in [1.54, 1.807) is 6.92 Å². The van der Waals surface area contributed by atoms with Crippen molar-refractivity contribution >= 4 is 0 Å². The highest BCUT2D eigenvalue weighted by Gasteiger charge is 2.27. The van der Waals surface area contributed by atoms with E-state index in [0.717, 1.165) is 6.08 Å². The molecule has 0 spiro atoms. The SMILES string of the molecule is CC/C=C/C([N+](=O)[O-])[N+](=O)[O-]. The Balaban J connectivity index is 4.23. The maximum Gasteiger partial charge on any atom is 0.469 e. The third kappa shape index (κ3) is 3.29. The molecule has 0 fully saturated rings. The molecular formula is C5H8N2O4. The molecule has 0 radical (unpaired) electrons. The van der Waals surface area contributed by atoms with Crippen LogP contribution in [0.3, 0.4) is 0 Å². The molecule has 0 aliphatic rings. The lowest BCUT2D eigenvalue weighted by molar-refractivity contribution is -0.727. The zero-order valence-electron chi connectivity index (χ0n) is 5.97. The quantitative estimate of drug-likeness (QED) is 0.264. The molecule has 0 rings (SSSR count). The summed E-state index contributed by atoms with van der Waals surface area (Å²) in [6.07, 6.45) is 1.13. The highest BCUT2D eigenvalue weighted by atomic mass is 16.7. The largest absolute Gasteiger partial charge is 0.469 e. The normalized spacial score (nSPS) is 10.7. The molecule has 0 aliphatic carbocycles. The molecule has 0 aromatic carbocycles. The van der Waals surface area contributed by atoms with Crippen LogP contribution in [0, 0.1) is 20.2 Å². The fourth-order valence-corrected chi connectivity index (χ4v) is 0.475. The molecule has 6 nitrogen and oxygen atoms in total. The van der Waals surface area contributed by atoms with E-state index in [1.165, 1.54) is 6.08 Å². The van der Waals surface area contributed by atoms with Crippen molar-refractivity contribution in [2.45, 2.75) is 19.5 Å². The minimum Gasteiger partial charge on any atom is -0.258 e. The summed E-state index contributed by atoms with van der Waals surface area (Å²) >= 11 is 0. The molecule has 0 aromatic rings. The van der Waals surface area contributed by atoms with Crippen molar-refractivity contribution in [3.63, 3.8) is 0 Å². The maximum atomic E-state index is 9.96. The first kappa shape index (κ1) is 9.54. The van der Waals surface area contributed by atoms with E-state index in [9.17, 15) is 20.2 Å². The molecule has 62 valence electrons. The Bertz CT molecular complexity index is 175. The van der Waals surface area contributed by atoms with Crippen molar-refractivity contribution in [2.24, 2.45) is 0 Å². The van der Waals surface area contributed by atoms with Gasteiger partial charge in [-0.05, 0) is 6.42 Å². The van der Waals surface area contributed by atoms with Gasteiger partial charge < -0.3 is 0 Å². The summed E-state index contributed by atoms with van der Waals surface area (Å²) in [4.78, 5) is 18.0. The first-order valence-corrected chi connectivity index (χ1v) is 3.03. The monoisotopic (exact) mass is 160 g/mol. The van der Waals surface area contributed by atoms with Gasteiger partial charge in [-0.25, -0.2) is 0 Å². The lowest BCUT2D eigenvalue weighted by atomic mass is 10.4. The molecule has 0 saturated heterocycles. The molecule has 0 bridgehead atoms. The summed E-state index contributed by atoms with van der Waals surface area (Å²) in [6, 6.07) is 0. The van der Waals surface area contributed by atoms with Gasteiger partial charge in [-0.3, -0.25) is 20.2 Å². The van der Waals surface area contributed by atoms with Gasteiger partial charge >= 0.3 is 6.17 Å². The van der Waals surface area contributed by atoms with Crippen molar-refractivity contribution in [3.05, 3.63) is 32.4 Å². The molecule has 0 aliphatic heterocycles. The van der Waals surface area contributed by atoms with E-state index < -0.39 is 16.0 Å². The fraction of sp³-hybridized carbons (Fsp3) is 0.600. The molecule has 0 heterocycles. The number of nitrogens with zero attached hydrogens (tertiary/aromatic N) is 2. The first-order chi connectivity index (χ1) is 5.09. The van der Waals surface area contributed by atoms with Crippen LogP contribution in [-0.4, -0.2) is 16.0 Å². The summed E-state index contributed by atoms with van der Waals surface area (Å²) in [6.45, 7) is 1.74. The van der Waals surface area contributed by atoms with Crippen LogP contribution in [-0.2, 0) is 0 Å². The van der Waals surface area contributed by atoms with Gasteiger partial charge in [0.05, 0.1) is 6.08 Å². The molecule has 0 aromatic heterocycles. The number of hydrogen-bond donors (Lipinski definition) is 0. The highest BCUT2D eigenvalue weighted by molar-refractivity contribution is 4.82. The molecule has 6 heteroatoms. The summed E-state index contributed by atoms with van der Waals surface area (Å²) in [7, 11) is 0. The van der Waals surface area contributed by atoms with Gasteiger partial charge in [-0.2, -0.15) is 0 Å². The summed E-state index contributed by atoms with van der Waals surface area (Å²) < 4.78 is 0. The smallest absolute Gasteiger partial charge is 0.258 e. The molecular weight excluding hydrogens is 152 g/mol. The highest BCUT2D eigenvalue weighted by Crippen LogP contribution is 1.94. The average Bonchev–Trinajstić information content (AvgIpc) is 1.87. The Morgan fingerprint density at radius 2 is 1.82 bits per heavy atom. The Morgan fingerprint density at radius 1 is 1.36 bits per heavy atom. The summed E-state index contributed by atoms with van der Waals surface area (Å²) in [5.74, 6) is 0. The van der Waals surface area contributed by atoms with Crippen molar-refractivity contribution in [1.29, 1.82) is 0 Å². The average molecular weight is 160 g/mol. The molecule has 0 amide bonds. The van der Waals surface area contributed by atoms with Crippen LogP contribution in [0.15, 0.2) is 12.2 Å². The standard InChI is InChI=1S/C5H8N2O4/c1-2-3-4-5(6(8)9)7(10)11/h3-5H,2H2,1H3/b4-3+. The Morgan fingerprint density at radius 3 is 2.09 bits per heavy atom. The third-order valence-electron chi connectivity index (χ3n) is 0.976. The van der Waals surface area contributed by atoms with Gasteiger partial charge in [0.15, 0.2) is 0 Å². The van der Waals surface area contributed by atoms with Gasteiger partial charge in [-0.1, -0.05) is 13.0 Å². The molecule has 11 heavy (non-hydrogen) atoms. The Hall–Kier alpha value is -1.46. The van der Waals surface area contributed by atoms with E-state index in [0.29, 0.717) is 6.42 Å². The van der Waals surface area contributed by atoms with Crippen LogP contribution in [0.5, 0.6) is 0 Å². The lowest BCUT2D eigenvalue weighted by Crippen LogP contribution is -2.25. The molecule has 0 N–H and O–H groups in total. The number of hydrogen-bond acceptors (Lipinski definition) is 4. The van der Waals surface area contributed by atoms with E-state index in [1.807, 2.05) is 0 Å². The van der Waals surface area contributed by atoms with Gasteiger partial charge in [0.25, 0.3) is 0 Å². The summed E-state index contributed by atoms with van der Waals surface area (Å²) in [5.41, 5.74) is 0. The Kier molecular flexibility index (Phi) is 3.79. The van der Waals surface area contributed by atoms with E-state index in [2.05, 4.69) is 0 Å². The predicted molar refractivity (Wildman–Crippen MR) is 37.2 cm³/mol. The van der Waals surface area contributed by atoms with E-state index >= 15 is 0 Å². The molecule has 0 unspecified atom stereocenters. The minimum atomic E-state index is -1.80. The topological polar surface area (TPSA) is 86.3 Å². The van der Waals surface area contributed by atoms with Gasteiger partial charge in [0.2, 0.25) is 0 Å². The lowest BCUT2D eigenvalue weighted by Gasteiger charge is -1.93. The number of allylic oxidation sites excluding steroid dienone is 1. The van der Waals surface area contributed by atoms with Crippen LogP contribution < -0.4 is 0 Å². The van der Waals surface area contributed by atoms with Crippen LogP contribution >= 0.6 is 0 Å². The van der Waals surface area contributed by atoms with Crippen LogP contribution in [0.2, 0.25) is 0 Å². The van der Waals surface area contributed by atoms with Crippen molar-refractivity contribution in [1.82, 2.24) is 0 Å². The first-order valence-electron chi connectivity index (χ1n) is 3.03. The van der Waals surface area contributed by atoms with Crippen molar-refractivity contribution in [3.8, 4) is 0 Å².